The van der Waals surface area contributed by atoms with Gasteiger partial charge in [-0.15, -0.1) is 0 Å². The molecule has 1 amide bonds. The molecule has 0 atom stereocenters. The lowest BCUT2D eigenvalue weighted by molar-refractivity contribution is -0.305. The van der Waals surface area contributed by atoms with Crippen LogP contribution in [-0.4, -0.2) is 11.9 Å². The molecule has 0 unspecified atom stereocenters. The van der Waals surface area contributed by atoms with Crippen LogP contribution in [0.15, 0.2) is 24.3 Å². The van der Waals surface area contributed by atoms with Gasteiger partial charge in [0.2, 0.25) is 5.91 Å². The van der Waals surface area contributed by atoms with Crippen molar-refractivity contribution < 1.29 is 14.7 Å². The number of aliphatic carboxylic acids is 1. The largest absolute Gasteiger partial charge is 0.550 e. The topological polar surface area (TPSA) is 69.2 Å². The summed E-state index contributed by atoms with van der Waals surface area (Å²) in [6, 6.07) is 7.31. The Hall–Kier alpha value is -1.84. The molecule has 0 heterocycles. The lowest BCUT2D eigenvalue weighted by Gasteiger charge is -2.07. The van der Waals surface area contributed by atoms with Crippen molar-refractivity contribution in [2.75, 3.05) is 5.32 Å². The summed E-state index contributed by atoms with van der Waals surface area (Å²) in [6.07, 6.45) is -0.311. The van der Waals surface area contributed by atoms with E-state index in [-0.39, 0.29) is 18.7 Å². The van der Waals surface area contributed by atoms with Crippen molar-refractivity contribution >= 4 is 17.6 Å². The fourth-order valence-electron chi connectivity index (χ4n) is 1.14. The third-order valence-corrected chi connectivity index (χ3v) is 1.98. The standard InChI is InChI=1S/C11H13NO3/c1-8-4-2-3-5-9(8)12-10(13)6-7-11(14)15/h2-5H,6-7H2,1H3,(H,12,13)(H,14,15)/p-1. The molecule has 1 aromatic carbocycles. The smallest absolute Gasteiger partial charge is 0.224 e. The van der Waals surface area contributed by atoms with Crippen LogP contribution in [0, 0.1) is 6.92 Å². The van der Waals surface area contributed by atoms with Gasteiger partial charge in [0.15, 0.2) is 0 Å². The van der Waals surface area contributed by atoms with Crippen LogP contribution in [-0.2, 0) is 9.59 Å². The van der Waals surface area contributed by atoms with Gasteiger partial charge < -0.3 is 15.2 Å². The van der Waals surface area contributed by atoms with Crippen molar-refractivity contribution in [3.63, 3.8) is 0 Å². The SMILES string of the molecule is Cc1ccccc1NC(=O)CCC(=O)[O-]. The Morgan fingerprint density at radius 3 is 2.53 bits per heavy atom. The number of hydrogen-bond acceptors (Lipinski definition) is 3. The van der Waals surface area contributed by atoms with Gasteiger partial charge >= 0.3 is 0 Å². The summed E-state index contributed by atoms with van der Waals surface area (Å²) in [5.41, 5.74) is 1.65. The molecule has 0 saturated carbocycles. The highest BCUT2D eigenvalue weighted by Gasteiger charge is 2.03. The minimum Gasteiger partial charge on any atom is -0.550 e. The Morgan fingerprint density at radius 2 is 1.93 bits per heavy atom. The Kier molecular flexibility index (Phi) is 3.85. The van der Waals surface area contributed by atoms with Gasteiger partial charge in [-0.05, 0) is 25.0 Å². The zero-order valence-corrected chi connectivity index (χ0v) is 8.45. The van der Waals surface area contributed by atoms with E-state index in [0.29, 0.717) is 5.69 Å². The van der Waals surface area contributed by atoms with Gasteiger partial charge in [-0.25, -0.2) is 0 Å². The minimum atomic E-state index is -1.21. The maximum atomic E-state index is 11.3. The quantitative estimate of drug-likeness (QED) is 0.778. The highest BCUT2D eigenvalue weighted by Crippen LogP contribution is 2.13. The molecule has 0 radical (unpaired) electrons. The van der Waals surface area contributed by atoms with Crippen molar-refractivity contribution in [1.82, 2.24) is 0 Å². The number of para-hydroxylation sites is 1. The van der Waals surface area contributed by atoms with Crippen LogP contribution in [0.4, 0.5) is 5.69 Å². The predicted molar refractivity (Wildman–Crippen MR) is 54.0 cm³/mol. The van der Waals surface area contributed by atoms with Gasteiger partial charge in [-0.2, -0.15) is 0 Å². The second-order valence-electron chi connectivity index (χ2n) is 3.24. The van der Waals surface area contributed by atoms with Gasteiger partial charge in [0.25, 0.3) is 0 Å². The van der Waals surface area contributed by atoms with Crippen molar-refractivity contribution in [2.45, 2.75) is 19.8 Å². The maximum Gasteiger partial charge on any atom is 0.224 e. The lowest BCUT2D eigenvalue weighted by atomic mass is 10.2. The average Bonchev–Trinajstić information content (AvgIpc) is 2.18. The van der Waals surface area contributed by atoms with Gasteiger partial charge in [0.1, 0.15) is 0 Å². The Morgan fingerprint density at radius 1 is 1.27 bits per heavy atom. The van der Waals surface area contributed by atoms with Gasteiger partial charge in [0, 0.05) is 18.1 Å². The maximum absolute atomic E-state index is 11.3. The first kappa shape index (κ1) is 11.2. The van der Waals surface area contributed by atoms with Crippen LogP contribution in [0.1, 0.15) is 18.4 Å². The van der Waals surface area contributed by atoms with Crippen molar-refractivity contribution in [2.24, 2.45) is 0 Å². The first-order valence-electron chi connectivity index (χ1n) is 4.65. The van der Waals surface area contributed by atoms with E-state index in [0.717, 1.165) is 5.56 Å². The molecule has 4 nitrogen and oxygen atoms in total. The zero-order chi connectivity index (χ0) is 11.3. The summed E-state index contributed by atoms with van der Waals surface area (Å²) in [6.45, 7) is 1.87. The highest BCUT2D eigenvalue weighted by atomic mass is 16.4. The number of rotatable bonds is 4. The molecule has 0 aromatic heterocycles. The molecule has 0 bridgehead atoms. The van der Waals surface area contributed by atoms with Crippen LogP contribution >= 0.6 is 0 Å². The second-order valence-corrected chi connectivity index (χ2v) is 3.24. The Balaban J connectivity index is 2.52. The molecule has 0 spiro atoms. The summed E-state index contributed by atoms with van der Waals surface area (Å²) < 4.78 is 0. The number of carboxylic acid groups (broad SMARTS) is 1. The van der Waals surface area contributed by atoms with E-state index >= 15 is 0 Å². The molecule has 15 heavy (non-hydrogen) atoms. The van der Waals surface area contributed by atoms with E-state index in [9.17, 15) is 14.7 Å². The Labute approximate surface area is 87.9 Å². The van der Waals surface area contributed by atoms with E-state index in [2.05, 4.69) is 5.32 Å². The summed E-state index contributed by atoms with van der Waals surface area (Å²) in [4.78, 5) is 21.4. The van der Waals surface area contributed by atoms with Gasteiger partial charge in [-0.1, -0.05) is 18.2 Å². The molecular weight excluding hydrogens is 194 g/mol. The zero-order valence-electron chi connectivity index (χ0n) is 8.45. The predicted octanol–water partition coefficient (Wildman–Crippen LogP) is 0.464. The summed E-state index contributed by atoms with van der Waals surface area (Å²) in [5, 5.41) is 12.8. The van der Waals surface area contributed by atoms with E-state index in [4.69, 9.17) is 0 Å². The monoisotopic (exact) mass is 206 g/mol. The van der Waals surface area contributed by atoms with Crippen LogP contribution < -0.4 is 10.4 Å². The Bertz CT molecular complexity index is 374. The second kappa shape index (κ2) is 5.14. The first-order valence-corrected chi connectivity index (χ1v) is 4.65. The third kappa shape index (κ3) is 3.81. The van der Waals surface area contributed by atoms with E-state index < -0.39 is 5.97 Å². The lowest BCUT2D eigenvalue weighted by Crippen LogP contribution is -2.24. The fraction of sp³-hybridized carbons (Fsp3) is 0.273. The van der Waals surface area contributed by atoms with Crippen LogP contribution in [0.25, 0.3) is 0 Å². The number of nitrogens with one attached hydrogen (secondary N) is 1. The third-order valence-electron chi connectivity index (χ3n) is 1.98. The molecule has 0 aliphatic heterocycles. The van der Waals surface area contributed by atoms with Crippen LogP contribution in [0.2, 0.25) is 0 Å². The average molecular weight is 206 g/mol. The number of amides is 1. The molecular formula is C11H12NO3-. The molecule has 1 N–H and O–H groups in total. The number of carboxylic acids is 1. The molecule has 1 aromatic rings. The number of anilines is 1. The minimum absolute atomic E-state index is 0.0589. The molecule has 0 saturated heterocycles. The number of aryl methyl sites for hydroxylation is 1. The van der Waals surface area contributed by atoms with Crippen molar-refractivity contribution in [3.8, 4) is 0 Å². The first-order chi connectivity index (χ1) is 7.09. The van der Waals surface area contributed by atoms with E-state index in [1.54, 1.807) is 12.1 Å². The molecule has 0 aliphatic carbocycles. The number of hydrogen-bond donors (Lipinski definition) is 1. The van der Waals surface area contributed by atoms with Gasteiger partial charge in [0.05, 0.1) is 0 Å². The fourth-order valence-corrected chi connectivity index (χ4v) is 1.14. The normalized spacial score (nSPS) is 9.67. The summed E-state index contributed by atoms with van der Waals surface area (Å²) in [5.74, 6) is -1.52. The summed E-state index contributed by atoms with van der Waals surface area (Å²) >= 11 is 0. The van der Waals surface area contributed by atoms with E-state index in [1.807, 2.05) is 19.1 Å². The molecule has 0 fully saturated rings. The van der Waals surface area contributed by atoms with Crippen LogP contribution in [0.5, 0.6) is 0 Å². The number of carbonyl (C=O) groups excluding carboxylic acids is 2. The van der Waals surface area contributed by atoms with Gasteiger partial charge in [-0.3, -0.25) is 4.79 Å². The molecule has 80 valence electrons. The number of benzene rings is 1. The molecule has 0 aliphatic rings. The van der Waals surface area contributed by atoms with Crippen LogP contribution in [0.3, 0.4) is 0 Å². The molecule has 4 heteroatoms. The van der Waals surface area contributed by atoms with Crippen molar-refractivity contribution in [1.29, 1.82) is 0 Å². The van der Waals surface area contributed by atoms with E-state index in [1.165, 1.54) is 0 Å². The highest BCUT2D eigenvalue weighted by molar-refractivity contribution is 5.92. The molecule has 1 rings (SSSR count). The summed E-state index contributed by atoms with van der Waals surface area (Å²) in [7, 11) is 0. The number of carbonyl (C=O) groups is 2. The van der Waals surface area contributed by atoms with Crippen molar-refractivity contribution in [3.05, 3.63) is 29.8 Å².